The molecule has 0 atom stereocenters. The predicted octanol–water partition coefficient (Wildman–Crippen LogP) is -2.49. The Morgan fingerprint density at radius 1 is 1.00 bits per heavy atom. The first-order valence-corrected chi connectivity index (χ1v) is 1.82. The second kappa shape index (κ2) is 16.0. The van der Waals surface area contributed by atoms with E-state index in [0.29, 0.717) is 0 Å². The number of rotatable bonds is 0. The normalized spacial score (nSPS) is 5.00. The van der Waals surface area contributed by atoms with E-state index in [1.54, 1.807) is 0 Å². The van der Waals surface area contributed by atoms with Crippen molar-refractivity contribution in [2.75, 3.05) is 0 Å². The molecule has 6 heteroatoms. The molecule has 0 bridgehead atoms. The van der Waals surface area contributed by atoms with Gasteiger partial charge in [0.05, 0.1) is 0 Å². The van der Waals surface area contributed by atoms with Gasteiger partial charge < -0.3 is 19.8 Å². The molecule has 0 saturated heterocycles. The Balaban J connectivity index is -0.0000000300. The van der Waals surface area contributed by atoms with Crippen molar-refractivity contribution in [1.82, 2.24) is 0 Å². The van der Waals surface area contributed by atoms with E-state index in [-0.39, 0.29) is 33.3 Å². The van der Waals surface area contributed by atoms with Gasteiger partial charge in [-0.1, -0.05) is 0 Å². The van der Waals surface area contributed by atoms with Gasteiger partial charge in [-0.05, 0) is 13.8 Å². The van der Waals surface area contributed by atoms with Gasteiger partial charge in [-0.15, -0.1) is 0 Å². The van der Waals surface area contributed by atoms with E-state index >= 15 is 0 Å². The van der Waals surface area contributed by atoms with E-state index in [1.807, 2.05) is 0 Å². The molecule has 0 aromatic carbocycles. The van der Waals surface area contributed by atoms with Crippen LogP contribution in [0.1, 0.15) is 13.8 Å². The molecule has 0 aliphatic carbocycles. The van der Waals surface area contributed by atoms with Crippen molar-refractivity contribution < 1.29 is 53.1 Å². The van der Waals surface area contributed by atoms with Crippen LogP contribution in [0.3, 0.4) is 0 Å². The Kier molecular flexibility index (Phi) is 36.0. The molecule has 1 radical (unpaired) electrons. The van der Waals surface area contributed by atoms with Gasteiger partial charge in [-0.3, -0.25) is 0 Å². The van der Waals surface area contributed by atoms with Crippen molar-refractivity contribution in [3.8, 4) is 0 Å². The second-order valence-electron chi connectivity index (χ2n) is 0.983. The summed E-state index contributed by atoms with van der Waals surface area (Å²) < 4.78 is 0. The van der Waals surface area contributed by atoms with Crippen molar-refractivity contribution in [1.29, 1.82) is 0 Å². The number of hydrogen-bond donors (Lipinski definition) is 0. The average molecular weight is 236 g/mol. The van der Waals surface area contributed by atoms with Crippen LogP contribution >= 0.6 is 0 Å². The van der Waals surface area contributed by atoms with Crippen LogP contribution in [0, 0.1) is 0 Å². The number of carbonyl (C=O) groups is 2. The first-order chi connectivity index (χ1) is 3.46. The van der Waals surface area contributed by atoms with E-state index in [1.165, 1.54) is 0 Å². The molecule has 0 fully saturated rings. The molecule has 10 heavy (non-hydrogen) atoms. The fourth-order valence-corrected chi connectivity index (χ4v) is 0. The van der Waals surface area contributed by atoms with Crippen molar-refractivity contribution >= 4 is 11.9 Å². The molecule has 0 unspecified atom stereocenters. The molecule has 0 aliphatic heterocycles. The number of carboxylic acid groups (broad SMARTS) is 2. The smallest absolute Gasteiger partial charge is 0.550 e. The van der Waals surface area contributed by atoms with Gasteiger partial charge in [-0.2, -0.15) is 0 Å². The standard InChI is InChI=1S/2C2H4O2.Co.Ni/c2*1-2(3)4;;/h2*1H3,(H,3,4);;/q;;2*+2/p-2. The zero-order valence-corrected chi connectivity index (χ0v) is 7.31. The van der Waals surface area contributed by atoms with Gasteiger partial charge in [0.25, 0.3) is 0 Å². The first-order valence-electron chi connectivity index (χ1n) is 1.82. The summed E-state index contributed by atoms with van der Waals surface area (Å²) in [5.74, 6) is -2.17. The fourth-order valence-electron chi connectivity index (χ4n) is 0. The number of aliphatic carboxylic acids is 2. The summed E-state index contributed by atoms with van der Waals surface area (Å²) in [7, 11) is 0. The Labute approximate surface area is 79.1 Å². The molecule has 0 aliphatic rings. The minimum Gasteiger partial charge on any atom is -0.550 e. The van der Waals surface area contributed by atoms with Crippen LogP contribution in [0.5, 0.6) is 0 Å². The SMILES string of the molecule is CC(=O)[O-].CC(=O)[O-].[Co+2].[Ni+2]. The third-order valence-corrected chi connectivity index (χ3v) is 0. The molecule has 0 amide bonds. The van der Waals surface area contributed by atoms with Crippen molar-refractivity contribution in [2.45, 2.75) is 13.8 Å². The monoisotopic (exact) mass is 235 g/mol. The molecule has 0 saturated carbocycles. The third kappa shape index (κ3) is 106000. The Hall–Kier alpha value is -0.0600. The average Bonchev–Trinajstić information content (AvgIpc) is 1.25. The van der Waals surface area contributed by atoms with Crippen LogP contribution in [0.4, 0.5) is 0 Å². The van der Waals surface area contributed by atoms with Crippen LogP contribution in [0.2, 0.25) is 0 Å². The van der Waals surface area contributed by atoms with E-state index in [0.717, 1.165) is 13.8 Å². The van der Waals surface area contributed by atoms with E-state index in [4.69, 9.17) is 19.8 Å². The number of carboxylic acids is 2. The topological polar surface area (TPSA) is 80.3 Å². The minimum atomic E-state index is -1.08. The fraction of sp³-hybridized carbons (Fsp3) is 0.500. The van der Waals surface area contributed by atoms with Crippen molar-refractivity contribution in [3.63, 3.8) is 0 Å². The molecule has 0 N–H and O–H groups in total. The summed E-state index contributed by atoms with van der Waals surface area (Å²) in [4.78, 5) is 17.8. The van der Waals surface area contributed by atoms with E-state index < -0.39 is 11.9 Å². The predicted molar refractivity (Wildman–Crippen MR) is 21.4 cm³/mol. The molecule has 63 valence electrons. The summed E-state index contributed by atoms with van der Waals surface area (Å²) in [6.45, 7) is 1.94. The Morgan fingerprint density at radius 3 is 1.00 bits per heavy atom. The summed E-state index contributed by atoms with van der Waals surface area (Å²) in [6, 6.07) is 0. The Morgan fingerprint density at radius 2 is 1.00 bits per heavy atom. The van der Waals surface area contributed by atoms with Crippen LogP contribution in [-0.2, 0) is 42.9 Å². The summed E-state index contributed by atoms with van der Waals surface area (Å²) >= 11 is 0. The molecule has 4 nitrogen and oxygen atoms in total. The van der Waals surface area contributed by atoms with Crippen molar-refractivity contribution in [3.05, 3.63) is 0 Å². The molecular formula is C4H6CoNiO4+2. The van der Waals surface area contributed by atoms with Gasteiger partial charge in [0.15, 0.2) is 0 Å². The minimum absolute atomic E-state index is 0. The molecule has 0 aromatic rings. The zero-order chi connectivity index (χ0) is 7.15. The summed E-state index contributed by atoms with van der Waals surface area (Å²) in [6.07, 6.45) is 0. The van der Waals surface area contributed by atoms with Crippen LogP contribution in [0.25, 0.3) is 0 Å². The maximum absolute atomic E-state index is 8.89. The maximum Gasteiger partial charge on any atom is 2.00 e. The third-order valence-electron chi connectivity index (χ3n) is 0. The second-order valence-corrected chi connectivity index (χ2v) is 0.983. The Bertz CT molecular complexity index is 75.3. The molecule has 0 rings (SSSR count). The van der Waals surface area contributed by atoms with Gasteiger partial charge in [-0.25, -0.2) is 0 Å². The summed E-state index contributed by atoms with van der Waals surface area (Å²) in [5, 5.41) is 17.8. The van der Waals surface area contributed by atoms with E-state index in [2.05, 4.69) is 0 Å². The van der Waals surface area contributed by atoms with E-state index in [9.17, 15) is 0 Å². The molecule has 0 aromatic heterocycles. The van der Waals surface area contributed by atoms with Crippen molar-refractivity contribution in [2.24, 2.45) is 0 Å². The zero-order valence-electron chi connectivity index (χ0n) is 5.28. The molecule has 0 spiro atoms. The summed E-state index contributed by atoms with van der Waals surface area (Å²) in [5.41, 5.74) is 0. The molecular weight excluding hydrogens is 230 g/mol. The maximum atomic E-state index is 8.89. The van der Waals surface area contributed by atoms with Gasteiger partial charge in [0.1, 0.15) is 0 Å². The van der Waals surface area contributed by atoms with Crippen LogP contribution in [-0.4, -0.2) is 11.9 Å². The quantitative estimate of drug-likeness (QED) is 0.435. The largest absolute Gasteiger partial charge is 2.00 e. The van der Waals surface area contributed by atoms with Crippen LogP contribution < -0.4 is 10.2 Å². The number of carbonyl (C=O) groups excluding carboxylic acids is 2. The number of hydrogen-bond acceptors (Lipinski definition) is 4. The first kappa shape index (κ1) is 22.5. The van der Waals surface area contributed by atoms with Gasteiger partial charge in [0.2, 0.25) is 0 Å². The van der Waals surface area contributed by atoms with Crippen LogP contribution in [0.15, 0.2) is 0 Å². The molecule has 0 heterocycles. The van der Waals surface area contributed by atoms with Gasteiger partial charge >= 0.3 is 33.3 Å². The van der Waals surface area contributed by atoms with Gasteiger partial charge in [0, 0.05) is 11.9 Å².